The van der Waals surface area contributed by atoms with Crippen molar-refractivity contribution < 1.29 is 13.6 Å². The summed E-state index contributed by atoms with van der Waals surface area (Å²) in [5.41, 5.74) is 2.54. The van der Waals surface area contributed by atoms with Crippen LogP contribution in [0.5, 0.6) is 11.5 Å². The van der Waals surface area contributed by atoms with Crippen LogP contribution >= 0.6 is 18.2 Å². The van der Waals surface area contributed by atoms with Gasteiger partial charge in [0.1, 0.15) is 11.5 Å². The maximum Gasteiger partial charge on any atom is 0.530 e. The smallest absolute Gasteiger partial charge is 0.405 e. The molecule has 5 heteroatoms. The predicted octanol–water partition coefficient (Wildman–Crippen LogP) is 7.87. The highest BCUT2D eigenvalue weighted by Crippen LogP contribution is 2.53. The molecule has 148 valence electrons. The first kappa shape index (κ1) is 21.9. The lowest BCUT2D eigenvalue weighted by Gasteiger charge is -2.24. The number of hydrogen-bond acceptors (Lipinski definition) is 3. The molecule has 0 unspecified atom stereocenters. The molecule has 0 aliphatic rings. The van der Waals surface area contributed by atoms with E-state index in [1.165, 1.54) is 11.1 Å². The van der Waals surface area contributed by atoms with E-state index in [0.29, 0.717) is 11.5 Å². The fraction of sp³-hybridized carbons (Fsp3) is 0.455. The van der Waals surface area contributed by atoms with Crippen LogP contribution in [0.15, 0.2) is 48.5 Å². The van der Waals surface area contributed by atoms with Crippen molar-refractivity contribution in [3.8, 4) is 11.5 Å². The normalized spacial score (nSPS) is 12.7. The molecule has 3 nitrogen and oxygen atoms in total. The molecule has 2 aromatic carbocycles. The van der Waals surface area contributed by atoms with Crippen LogP contribution in [0.3, 0.4) is 0 Å². The minimum absolute atomic E-state index is 0.0771. The van der Waals surface area contributed by atoms with E-state index in [9.17, 15) is 4.57 Å². The standard InChI is InChI=1S/C22H30ClO3P/c1-7-21(3,4)17-9-13-19(14-10-17)25-27(23,24)26-20-15-11-18(12-16-20)22(5,6)8-2/h9-16H,7-8H2,1-6H3. The van der Waals surface area contributed by atoms with E-state index in [-0.39, 0.29) is 10.8 Å². The summed E-state index contributed by atoms with van der Waals surface area (Å²) in [6.07, 6.45) is 2.05. The minimum atomic E-state index is -3.79. The summed E-state index contributed by atoms with van der Waals surface area (Å²) in [5, 5.41) is 0. The third-order valence-electron chi connectivity index (χ3n) is 5.47. The SMILES string of the molecule is CCC(C)(C)c1ccc(OP(=O)(Cl)Oc2ccc(C(C)(C)CC)cc2)cc1. The Bertz CT molecular complexity index is 730. The highest BCUT2D eigenvalue weighted by Gasteiger charge is 2.26. The molecular formula is C22H30ClO3P. The van der Waals surface area contributed by atoms with Crippen LogP contribution in [-0.4, -0.2) is 0 Å². The topological polar surface area (TPSA) is 35.5 Å². The number of hydrogen-bond donors (Lipinski definition) is 0. The van der Waals surface area contributed by atoms with Crippen LogP contribution in [0.1, 0.15) is 65.5 Å². The van der Waals surface area contributed by atoms with E-state index in [1.54, 1.807) is 24.3 Å². The first-order valence-electron chi connectivity index (χ1n) is 9.39. The fourth-order valence-electron chi connectivity index (χ4n) is 2.61. The highest BCUT2D eigenvalue weighted by atomic mass is 35.7. The van der Waals surface area contributed by atoms with E-state index < -0.39 is 6.95 Å². The Balaban J connectivity index is 2.08. The van der Waals surface area contributed by atoms with Gasteiger partial charge in [-0.15, -0.1) is 0 Å². The van der Waals surface area contributed by atoms with Crippen molar-refractivity contribution >= 4 is 18.2 Å². The Kier molecular flexibility index (Phi) is 6.71. The number of benzene rings is 2. The van der Waals surface area contributed by atoms with Crippen LogP contribution in [0.4, 0.5) is 0 Å². The Hall–Kier alpha value is -1.44. The summed E-state index contributed by atoms with van der Waals surface area (Å²) in [5.74, 6) is 0.848. The largest absolute Gasteiger partial charge is 0.530 e. The van der Waals surface area contributed by atoms with Crippen molar-refractivity contribution in [2.24, 2.45) is 0 Å². The number of halogens is 1. The maximum absolute atomic E-state index is 12.5. The van der Waals surface area contributed by atoms with E-state index in [4.69, 9.17) is 20.3 Å². The van der Waals surface area contributed by atoms with Crippen LogP contribution in [0, 0.1) is 0 Å². The Labute approximate surface area is 168 Å². The highest BCUT2D eigenvalue weighted by molar-refractivity contribution is 7.82. The molecule has 0 aliphatic carbocycles. The second-order valence-electron chi connectivity index (χ2n) is 8.14. The van der Waals surface area contributed by atoms with Crippen molar-refractivity contribution in [3.63, 3.8) is 0 Å². The van der Waals surface area contributed by atoms with Crippen LogP contribution in [0.2, 0.25) is 0 Å². The average molecular weight is 409 g/mol. The molecule has 0 saturated heterocycles. The molecular weight excluding hydrogens is 379 g/mol. The van der Waals surface area contributed by atoms with E-state index >= 15 is 0 Å². The average Bonchev–Trinajstić information content (AvgIpc) is 2.62. The van der Waals surface area contributed by atoms with Gasteiger partial charge in [0.05, 0.1) is 0 Å². The zero-order chi connectivity index (χ0) is 20.3. The first-order valence-corrected chi connectivity index (χ1v) is 11.8. The van der Waals surface area contributed by atoms with Gasteiger partial charge < -0.3 is 9.05 Å². The van der Waals surface area contributed by atoms with Crippen molar-refractivity contribution in [3.05, 3.63) is 59.7 Å². The fourth-order valence-corrected chi connectivity index (χ4v) is 3.88. The zero-order valence-electron chi connectivity index (χ0n) is 17.1. The van der Waals surface area contributed by atoms with Gasteiger partial charge in [-0.3, -0.25) is 0 Å². The Morgan fingerprint density at radius 3 is 1.30 bits per heavy atom. The maximum atomic E-state index is 12.5. The summed E-state index contributed by atoms with van der Waals surface area (Å²) < 4.78 is 23.4. The van der Waals surface area contributed by atoms with Gasteiger partial charge in [-0.05, 0) is 59.1 Å². The van der Waals surface area contributed by atoms with Crippen molar-refractivity contribution in [2.45, 2.75) is 65.2 Å². The summed E-state index contributed by atoms with van der Waals surface area (Å²) >= 11 is 6.03. The monoisotopic (exact) mass is 408 g/mol. The van der Waals surface area contributed by atoms with Crippen LogP contribution in [-0.2, 0) is 15.4 Å². The van der Waals surface area contributed by atoms with Crippen LogP contribution < -0.4 is 9.05 Å². The molecule has 0 spiro atoms. The molecule has 27 heavy (non-hydrogen) atoms. The summed E-state index contributed by atoms with van der Waals surface area (Å²) in [4.78, 5) is 0. The molecule has 0 amide bonds. The van der Waals surface area contributed by atoms with E-state index in [0.717, 1.165) is 12.8 Å². The van der Waals surface area contributed by atoms with Gasteiger partial charge in [-0.25, -0.2) is 4.57 Å². The van der Waals surface area contributed by atoms with Gasteiger partial charge in [-0.1, -0.05) is 65.8 Å². The van der Waals surface area contributed by atoms with Gasteiger partial charge in [0.15, 0.2) is 0 Å². The molecule has 0 aliphatic heterocycles. The molecule has 0 saturated carbocycles. The summed E-state index contributed by atoms with van der Waals surface area (Å²) in [6, 6.07) is 15.0. The third kappa shape index (κ3) is 5.77. The Morgan fingerprint density at radius 2 is 1.04 bits per heavy atom. The lowest BCUT2D eigenvalue weighted by Crippen LogP contribution is -2.15. The minimum Gasteiger partial charge on any atom is -0.405 e. The molecule has 0 atom stereocenters. The zero-order valence-corrected chi connectivity index (χ0v) is 18.7. The van der Waals surface area contributed by atoms with Crippen molar-refractivity contribution in [2.75, 3.05) is 0 Å². The number of rotatable bonds is 8. The van der Waals surface area contributed by atoms with Gasteiger partial charge in [-0.2, -0.15) is 0 Å². The molecule has 2 aromatic rings. The second-order valence-corrected chi connectivity index (χ2v) is 10.6. The van der Waals surface area contributed by atoms with E-state index in [2.05, 4.69) is 41.5 Å². The van der Waals surface area contributed by atoms with Crippen molar-refractivity contribution in [1.29, 1.82) is 0 Å². The van der Waals surface area contributed by atoms with Gasteiger partial charge in [0.25, 0.3) is 0 Å². The summed E-state index contributed by atoms with van der Waals surface area (Å²) in [6.45, 7) is 9.24. The molecule has 0 N–H and O–H groups in total. The van der Waals surface area contributed by atoms with Gasteiger partial charge in [0.2, 0.25) is 0 Å². The molecule has 0 bridgehead atoms. The summed E-state index contributed by atoms with van der Waals surface area (Å²) in [7, 11) is 0. The van der Waals surface area contributed by atoms with Crippen LogP contribution in [0.25, 0.3) is 0 Å². The van der Waals surface area contributed by atoms with Gasteiger partial charge >= 0.3 is 6.95 Å². The lowest BCUT2D eigenvalue weighted by atomic mass is 9.82. The third-order valence-corrected chi connectivity index (χ3v) is 6.74. The second kappa shape index (κ2) is 8.29. The molecule has 0 radical (unpaired) electrons. The lowest BCUT2D eigenvalue weighted by molar-refractivity contribution is 0.406. The molecule has 0 heterocycles. The van der Waals surface area contributed by atoms with Crippen molar-refractivity contribution in [1.82, 2.24) is 0 Å². The molecule has 0 fully saturated rings. The molecule has 2 rings (SSSR count). The van der Waals surface area contributed by atoms with E-state index in [1.807, 2.05) is 24.3 Å². The predicted molar refractivity (Wildman–Crippen MR) is 114 cm³/mol. The Morgan fingerprint density at radius 1 is 0.741 bits per heavy atom. The quantitative estimate of drug-likeness (QED) is 0.417. The van der Waals surface area contributed by atoms with Gasteiger partial charge in [0, 0.05) is 11.2 Å². The first-order chi connectivity index (χ1) is 12.5. The molecule has 0 aromatic heterocycles.